The highest BCUT2D eigenvalue weighted by Crippen LogP contribution is 2.33. The number of hydrogen-bond acceptors (Lipinski definition) is 28. The second-order valence-electron chi connectivity index (χ2n) is 29.0. The molecule has 638 valence electrons. The summed E-state index contributed by atoms with van der Waals surface area (Å²) in [6.45, 7) is 6.83. The Morgan fingerprint density at radius 1 is 0.783 bits per heavy atom. The Kier molecular flexibility index (Phi) is 35.2. The van der Waals surface area contributed by atoms with Crippen LogP contribution in [-0.2, 0) is 101 Å². The summed E-state index contributed by atoms with van der Waals surface area (Å²) >= 11 is -2.48. The molecular weight excluding hydrogens is 1540 g/mol. The second-order valence-corrected chi connectivity index (χ2v) is 30.4. The third-order valence-electron chi connectivity index (χ3n) is 19.0. The normalized spacial score (nSPS) is 25.0. The Morgan fingerprint density at radius 3 is 2.16 bits per heavy atom. The van der Waals surface area contributed by atoms with Gasteiger partial charge in [0.25, 0.3) is 5.91 Å². The van der Waals surface area contributed by atoms with Crippen LogP contribution in [0.1, 0.15) is 108 Å². The van der Waals surface area contributed by atoms with Gasteiger partial charge in [0.15, 0.2) is 12.1 Å². The molecule has 2 fully saturated rings. The number of primary amides is 1. The number of carbonyl (C=O) groups is 13. The Bertz CT molecular complexity index is 3910. The van der Waals surface area contributed by atoms with E-state index in [-0.39, 0.29) is 103 Å². The highest BCUT2D eigenvalue weighted by Gasteiger charge is 2.49. The van der Waals surface area contributed by atoms with Crippen molar-refractivity contribution in [2.45, 2.75) is 189 Å². The maximum absolute atomic E-state index is 15.2. The number of carboxylic acids is 1. The third kappa shape index (κ3) is 27.2. The molecule has 4 aliphatic heterocycles. The van der Waals surface area contributed by atoms with Gasteiger partial charge >= 0.3 is 18.2 Å². The molecule has 4 aliphatic rings. The first-order valence-corrected chi connectivity index (χ1v) is 38.7. The number of aliphatic hydroxyl groups excluding tert-OH is 6. The average molecular weight is 1650 g/mol. The lowest BCUT2D eigenvalue weighted by Crippen LogP contribution is -2.62. The number of aromatic nitrogens is 1. The molecule has 2 aromatic carbocycles. The number of nitrogens with zero attached hydrogens (tertiary/aromatic N) is 2. The number of unbranched alkanes of at least 4 members (excludes halogenated alkanes) is 3. The van der Waals surface area contributed by atoms with E-state index in [1.165, 1.54) is 49.2 Å². The van der Waals surface area contributed by atoms with Gasteiger partial charge in [-0.25, -0.2) is 14.4 Å². The van der Waals surface area contributed by atoms with Crippen LogP contribution >= 0.6 is 0 Å². The maximum Gasteiger partial charge on any atom is 0.431 e. The number of H-pyrrole nitrogens is 1. The quantitative estimate of drug-likeness (QED) is 0.0163. The average Bonchev–Trinajstić information content (AvgIpc) is 1.59. The Labute approximate surface area is 663 Å². The van der Waals surface area contributed by atoms with E-state index >= 15 is 4.55 Å². The summed E-state index contributed by atoms with van der Waals surface area (Å²) in [6.07, 6.45) is -14.1. The Hall–Kier alpha value is -9.80. The first-order chi connectivity index (χ1) is 54.5. The number of carbonyl (C=O) groups excluding carboxylic acids is 12. The van der Waals surface area contributed by atoms with Gasteiger partial charge in [0, 0.05) is 73.6 Å². The summed E-state index contributed by atoms with van der Waals surface area (Å²) in [7, 11) is 1.50. The number of fused-ring (bicyclic) bond motifs is 5. The zero-order valence-electron chi connectivity index (χ0n) is 64.7. The summed E-state index contributed by atoms with van der Waals surface area (Å²) in [5.41, 5.74) is 7.35. The van der Waals surface area contributed by atoms with Gasteiger partial charge in [-0.3, -0.25) is 52.8 Å². The van der Waals surface area contributed by atoms with E-state index in [4.69, 9.17) is 43.7 Å². The van der Waals surface area contributed by atoms with Gasteiger partial charge in [-0.1, -0.05) is 46.1 Å². The van der Waals surface area contributed by atoms with E-state index in [0.717, 1.165) is 4.90 Å². The van der Waals surface area contributed by atoms with Crippen molar-refractivity contribution in [2.75, 3.05) is 91.8 Å². The lowest BCUT2D eigenvalue weighted by atomic mass is 9.93. The van der Waals surface area contributed by atoms with Crippen LogP contribution < -0.4 is 63.2 Å². The molecule has 12 amide bonds. The Balaban J connectivity index is 1.04. The van der Waals surface area contributed by atoms with Gasteiger partial charge in [-0.15, -0.1) is 0 Å². The standard InChI is InChI=1S/C72H105N13O29S/c1-8-36(2)54-64(99)76-30-52(90)77-47-35-115(106)66-42(28-45(61(96)75-31-53(91)81-54)78-65(100)55(37(3)49(88)33-86)82-63(98)48-26-39(87)32-85(48)67(101)46(29-51(73)89)79-62(47)97)41-15-14-40(27-44(41)80-66)109-19-12-10-9-11-18-84(7)71(105)110-34-38-13-16-50(112-69-58(94)56(92)57(93)59(113-69)68(102)103)43(25-38)60(95)74-17-20-107-21-22-108-23-24-111-83-70(104)114-72(4,5)6/h13-16,25,27,36-37,39,45-49,54-59,69,80,86-88,92-94H,8-12,17-24,26,28-35H2,1-7H3,(H2,73,89)(H,74,95)(H,75,96)(H,76,99)(H,77,90)(H,78,100)(H,79,97)(H,81,91)(H,82,98)(H,83,104)(H,102,103)/t36-,37-,39+,45-,46-,47-,48-,49-,54-,55-,56-,57-,58+,59-,69+,115?/m0/s1. The molecule has 1 unspecified atom stereocenters. The van der Waals surface area contributed by atoms with Crippen LogP contribution in [0.3, 0.4) is 0 Å². The van der Waals surface area contributed by atoms with E-state index < -0.39 is 236 Å². The molecule has 2 bridgehead atoms. The molecule has 0 saturated carbocycles. The zero-order chi connectivity index (χ0) is 84.5. The molecular formula is C72H105N13O29S. The second kappa shape index (κ2) is 43.8. The van der Waals surface area contributed by atoms with Gasteiger partial charge in [0.2, 0.25) is 64.5 Å². The van der Waals surface area contributed by atoms with Crippen molar-refractivity contribution in [3.63, 3.8) is 0 Å². The fraction of sp³-hybridized carbons (Fsp3) is 0.625. The van der Waals surface area contributed by atoms with Gasteiger partial charge in [0.1, 0.15) is 78.0 Å². The number of amides is 12. The number of rotatable bonds is 31. The minimum atomic E-state index is -2.48. The van der Waals surface area contributed by atoms with Gasteiger partial charge in [0.05, 0.1) is 89.0 Å². The number of aromatic amines is 1. The number of ether oxygens (including phenoxy) is 7. The minimum Gasteiger partial charge on any atom is -0.610 e. The highest BCUT2D eigenvalue weighted by atomic mass is 32.2. The van der Waals surface area contributed by atoms with Gasteiger partial charge in [-0.05, 0) is 69.4 Å². The number of benzene rings is 2. The summed E-state index contributed by atoms with van der Waals surface area (Å²) in [5.74, 6) is -14.8. The van der Waals surface area contributed by atoms with Crippen LogP contribution in [0.4, 0.5) is 9.59 Å². The molecule has 5 heterocycles. The largest absolute Gasteiger partial charge is 0.610 e. The van der Waals surface area contributed by atoms with Crippen molar-refractivity contribution in [2.24, 2.45) is 17.6 Å². The van der Waals surface area contributed by atoms with E-state index in [9.17, 15) is 98.1 Å². The van der Waals surface area contributed by atoms with E-state index in [0.29, 0.717) is 32.1 Å². The smallest absolute Gasteiger partial charge is 0.431 e. The summed E-state index contributed by atoms with van der Waals surface area (Å²) in [6, 6.07) is -1.78. The molecule has 3 aromatic rings. The van der Waals surface area contributed by atoms with Crippen molar-refractivity contribution in [3.05, 3.63) is 53.1 Å². The van der Waals surface area contributed by atoms with Crippen molar-refractivity contribution < 1.29 is 141 Å². The van der Waals surface area contributed by atoms with Crippen molar-refractivity contribution >= 4 is 99.3 Å². The molecule has 2 saturated heterocycles. The van der Waals surface area contributed by atoms with Crippen LogP contribution in [0.2, 0.25) is 0 Å². The molecule has 42 nitrogen and oxygen atoms in total. The number of hydrogen-bond donors (Lipinski definition) is 18. The highest BCUT2D eigenvalue weighted by molar-refractivity contribution is 7.91. The van der Waals surface area contributed by atoms with E-state index in [1.807, 2.05) is 0 Å². The monoisotopic (exact) mass is 1650 g/mol. The predicted molar refractivity (Wildman–Crippen MR) is 398 cm³/mol. The third-order valence-corrected chi connectivity index (χ3v) is 20.4. The molecule has 7 rings (SSSR count). The lowest BCUT2D eigenvalue weighted by molar-refractivity contribution is -0.271. The van der Waals surface area contributed by atoms with E-state index in [1.54, 1.807) is 40.7 Å². The van der Waals surface area contributed by atoms with Gasteiger partial charge in [-0.2, -0.15) is 5.48 Å². The zero-order valence-corrected chi connectivity index (χ0v) is 65.5. The summed E-state index contributed by atoms with van der Waals surface area (Å²) < 4.78 is 54.0. The molecule has 1 aromatic heterocycles. The van der Waals surface area contributed by atoms with Crippen LogP contribution in [0.5, 0.6) is 11.5 Å². The number of carboxylic acid groups (broad SMARTS) is 1. The van der Waals surface area contributed by atoms with Crippen molar-refractivity contribution in [1.82, 2.24) is 62.8 Å². The first kappa shape index (κ1) is 92.4. The number of aliphatic hydroxyl groups is 6. The molecule has 0 aliphatic carbocycles. The topological polar surface area (TPSA) is 617 Å². The Morgan fingerprint density at radius 2 is 1.47 bits per heavy atom. The van der Waals surface area contributed by atoms with E-state index in [2.05, 4.69) is 53.0 Å². The first-order valence-electron chi connectivity index (χ1n) is 37.4. The molecule has 0 radical (unpaired) electrons. The fourth-order valence-corrected chi connectivity index (χ4v) is 13.9. The fourth-order valence-electron chi connectivity index (χ4n) is 12.5. The van der Waals surface area contributed by atoms with Gasteiger partial charge < -0.3 is 137 Å². The number of nitrogens with two attached hydrogens (primary N) is 1. The molecule has 43 heteroatoms. The van der Waals surface area contributed by atoms with Crippen LogP contribution in [0.25, 0.3) is 10.9 Å². The maximum atomic E-state index is 15.2. The summed E-state index contributed by atoms with van der Waals surface area (Å²) in [5, 5.41) is 93.0. The number of hydroxylamine groups is 1. The van der Waals surface area contributed by atoms with Crippen molar-refractivity contribution in [3.8, 4) is 11.5 Å². The molecule has 115 heavy (non-hydrogen) atoms. The van der Waals surface area contributed by atoms with Crippen LogP contribution in [0.15, 0.2) is 41.4 Å². The van der Waals surface area contributed by atoms with Crippen LogP contribution in [-0.4, -0.2) is 309 Å². The lowest BCUT2D eigenvalue weighted by Gasteiger charge is -2.38. The minimum absolute atomic E-state index is 0.00682. The number of nitrogens with one attached hydrogen (secondary N) is 10. The number of aliphatic carboxylic acids is 1. The van der Waals surface area contributed by atoms with Crippen molar-refractivity contribution in [1.29, 1.82) is 0 Å². The molecule has 0 spiro atoms. The molecule has 16 atom stereocenters. The predicted octanol–water partition coefficient (Wildman–Crippen LogP) is -4.93. The summed E-state index contributed by atoms with van der Waals surface area (Å²) in [4.78, 5) is 188. The SMILES string of the molecule is CC[C@H](C)[C@@H]1NC(=O)CNC(=O)[C@@H]2Cc3c([nH]c4cc(OCCCCCCN(C)C(=O)OCc5ccc(O[C@@H]6O[C@H](C(=O)O)[C@@H](O)[C@H](O)[C@H]6O)c(C(=O)NCCOCCOCCONC(=O)OC(C)(C)C)c5)ccc34)[S+]([O-])C[C@H](NC(=O)CNC1=O)C(=O)N[C@@H](CC(N)=O)C(=O)N1C[C@H](O)C[C@H]1C(=O)N[C@@H]([C@@H](C)[C@@H](O)CO)C(=O)N2. The van der Waals surface area contributed by atoms with Crippen LogP contribution in [0, 0.1) is 11.8 Å². The molecule has 19 N–H and O–H groups in total.